The fraction of sp³-hybridized carbons (Fsp3) is 0.447. The molecular weight excluding hydrogens is 853 g/mol. The molecule has 19 heteroatoms. The number of benzene rings is 2. The summed E-state index contributed by atoms with van der Waals surface area (Å²) < 4.78 is 18.0. The number of hydrogen-bond donors (Lipinski definition) is 5. The molecule has 66 heavy (non-hydrogen) atoms. The average Bonchev–Trinajstić information content (AvgIpc) is 3.66. The van der Waals surface area contributed by atoms with Crippen LogP contribution in [-0.4, -0.2) is 100 Å². The molecule has 2 aliphatic rings. The van der Waals surface area contributed by atoms with Gasteiger partial charge >= 0.3 is 24.2 Å². The van der Waals surface area contributed by atoms with Crippen molar-refractivity contribution in [1.29, 1.82) is 0 Å². The number of primary amides is 1. The van der Waals surface area contributed by atoms with Gasteiger partial charge in [0.1, 0.15) is 25.0 Å². The second-order valence-corrected chi connectivity index (χ2v) is 17.0. The number of amides is 6. The number of aromatic nitrogens is 2. The van der Waals surface area contributed by atoms with E-state index in [1.165, 1.54) is 9.80 Å². The predicted molar refractivity (Wildman–Crippen MR) is 243 cm³/mol. The lowest BCUT2D eigenvalue weighted by molar-refractivity contribution is -0.172. The van der Waals surface area contributed by atoms with E-state index in [0.29, 0.717) is 41.0 Å². The van der Waals surface area contributed by atoms with Crippen molar-refractivity contribution < 1.29 is 48.1 Å². The number of anilines is 1. The quantitative estimate of drug-likeness (QED) is 0.0639. The summed E-state index contributed by atoms with van der Waals surface area (Å²) in [5, 5.41) is 20.1. The number of ether oxygens (including phenoxy) is 3. The molecule has 0 saturated heterocycles. The summed E-state index contributed by atoms with van der Waals surface area (Å²) in [6.07, 6.45) is 0.0187. The third-order valence-electron chi connectivity index (χ3n) is 12.3. The topological polar surface area (TPSA) is 254 Å². The highest BCUT2D eigenvalue weighted by molar-refractivity contribution is 5.97. The molecule has 0 aliphatic carbocycles. The van der Waals surface area contributed by atoms with Crippen LogP contribution in [0.5, 0.6) is 5.75 Å². The standard InChI is InChI=1S/C47H58N8O11/c1-8-31-32-21-30(16-17-36(32)51-39-33(31)23-55-38(39)22-35-34(42(55)58)25-64-43(59)47(35,63)9-2)66-46(62)54(7)20-19-53(6)45(61)65-24-28-12-14-29(15-13-28)50-41(57)37(11-10-18-49-44(48)60)52-40(56)27(5)26(3)4/h12-17,21-22,26-27,37,63H,8-11,18-20,23-25H2,1-7H3,(H,50,57)(H,52,56)(H3,48,49,60)/t27-,37-,47-/m0/s1. The van der Waals surface area contributed by atoms with Crippen LogP contribution in [0.2, 0.25) is 0 Å². The van der Waals surface area contributed by atoms with Gasteiger partial charge < -0.3 is 55.4 Å². The van der Waals surface area contributed by atoms with Gasteiger partial charge in [-0.15, -0.1) is 0 Å². The maximum absolute atomic E-state index is 13.7. The van der Waals surface area contributed by atoms with Gasteiger partial charge in [-0.2, -0.15) is 0 Å². The molecule has 0 saturated carbocycles. The zero-order chi connectivity index (χ0) is 48.0. The van der Waals surface area contributed by atoms with Crippen molar-refractivity contribution in [2.75, 3.05) is 39.0 Å². The predicted octanol–water partition coefficient (Wildman–Crippen LogP) is 4.51. The van der Waals surface area contributed by atoms with Gasteiger partial charge in [0.05, 0.1) is 29.0 Å². The SMILES string of the molecule is CCc1c2c(nc3ccc(OC(=O)N(C)CCN(C)C(=O)OCc4ccc(NC(=O)[C@H](CCCNC(N)=O)NC(=O)[C@@H](C)C(C)C)cc4)cc13)-c1cc3c(c(=O)n1C2)COC(=O)[C@]3(O)CC. The summed E-state index contributed by atoms with van der Waals surface area (Å²) in [5.41, 5.74) is 7.88. The number of esters is 1. The van der Waals surface area contributed by atoms with Gasteiger partial charge in [-0.05, 0) is 79.1 Å². The number of pyridine rings is 2. The third kappa shape index (κ3) is 10.4. The molecule has 0 bridgehead atoms. The molecule has 352 valence electrons. The number of carbonyl (C=O) groups excluding carboxylic acids is 6. The van der Waals surface area contributed by atoms with Crippen LogP contribution in [0, 0.1) is 11.8 Å². The number of aryl methyl sites for hydroxylation is 1. The highest BCUT2D eigenvalue weighted by atomic mass is 16.6. The van der Waals surface area contributed by atoms with Gasteiger partial charge in [0.15, 0.2) is 5.60 Å². The lowest BCUT2D eigenvalue weighted by atomic mass is 9.86. The molecule has 4 aromatic rings. The Labute approximate surface area is 381 Å². The lowest BCUT2D eigenvalue weighted by Crippen LogP contribution is -2.46. The summed E-state index contributed by atoms with van der Waals surface area (Å²) in [7, 11) is 3.09. The smallest absolute Gasteiger partial charge is 0.415 e. The second kappa shape index (κ2) is 20.4. The lowest BCUT2D eigenvalue weighted by Gasteiger charge is -2.31. The highest BCUT2D eigenvalue weighted by Gasteiger charge is 2.45. The zero-order valence-electron chi connectivity index (χ0n) is 38.3. The Morgan fingerprint density at radius 3 is 2.30 bits per heavy atom. The van der Waals surface area contributed by atoms with Gasteiger partial charge in [-0.25, -0.2) is 24.2 Å². The van der Waals surface area contributed by atoms with Crippen molar-refractivity contribution in [1.82, 2.24) is 30.0 Å². The Hall–Kier alpha value is -7.02. The first-order valence-corrected chi connectivity index (χ1v) is 22.0. The molecule has 3 atom stereocenters. The number of aliphatic hydroxyl groups is 1. The van der Waals surface area contributed by atoms with Crippen LogP contribution < -0.4 is 32.0 Å². The Morgan fingerprint density at radius 2 is 1.65 bits per heavy atom. The van der Waals surface area contributed by atoms with Crippen LogP contribution in [0.4, 0.5) is 20.1 Å². The van der Waals surface area contributed by atoms with Crippen molar-refractivity contribution in [3.63, 3.8) is 0 Å². The van der Waals surface area contributed by atoms with Gasteiger partial charge in [0.2, 0.25) is 11.8 Å². The summed E-state index contributed by atoms with van der Waals surface area (Å²) in [6.45, 7) is 9.72. The van der Waals surface area contributed by atoms with Crippen molar-refractivity contribution in [3.05, 3.63) is 86.7 Å². The van der Waals surface area contributed by atoms with Crippen LogP contribution in [0.25, 0.3) is 22.3 Å². The van der Waals surface area contributed by atoms with E-state index in [2.05, 4.69) is 16.0 Å². The number of likely N-dealkylation sites (N-methyl/N-ethyl adjacent to an activating group) is 2. The molecule has 0 unspecified atom stereocenters. The van der Waals surface area contributed by atoms with E-state index < -0.39 is 41.7 Å². The van der Waals surface area contributed by atoms with E-state index in [0.717, 1.165) is 16.5 Å². The number of nitrogens with one attached hydrogen (secondary N) is 3. The Kier molecular flexibility index (Phi) is 15.0. The van der Waals surface area contributed by atoms with Crippen LogP contribution in [0.15, 0.2) is 53.3 Å². The van der Waals surface area contributed by atoms with Crippen LogP contribution in [0.1, 0.15) is 81.7 Å². The average molecular weight is 911 g/mol. The number of carbonyl (C=O) groups is 6. The Morgan fingerprint density at radius 1 is 0.955 bits per heavy atom. The van der Waals surface area contributed by atoms with E-state index in [1.807, 2.05) is 20.8 Å². The Bertz CT molecular complexity index is 2600. The number of fused-ring (bicyclic) bond motifs is 5. The number of hydrogen-bond acceptors (Lipinski definition) is 12. The molecule has 2 aromatic carbocycles. The summed E-state index contributed by atoms with van der Waals surface area (Å²) in [4.78, 5) is 97.0. The zero-order valence-corrected chi connectivity index (χ0v) is 38.3. The first kappa shape index (κ1) is 48.4. The van der Waals surface area contributed by atoms with Crippen molar-refractivity contribution >= 4 is 52.6 Å². The first-order valence-electron chi connectivity index (χ1n) is 22.0. The summed E-state index contributed by atoms with van der Waals surface area (Å²) in [6, 6.07) is 11.9. The fourth-order valence-corrected chi connectivity index (χ4v) is 7.83. The van der Waals surface area contributed by atoms with Gasteiger partial charge in [-0.1, -0.05) is 46.8 Å². The van der Waals surface area contributed by atoms with E-state index >= 15 is 0 Å². The number of cyclic esters (lactones) is 1. The molecule has 6 N–H and O–H groups in total. The summed E-state index contributed by atoms with van der Waals surface area (Å²) in [5.74, 6) is -1.44. The normalized spacial score (nSPS) is 15.7. The van der Waals surface area contributed by atoms with Crippen molar-refractivity contribution in [2.24, 2.45) is 17.6 Å². The monoisotopic (exact) mass is 910 g/mol. The van der Waals surface area contributed by atoms with Crippen LogP contribution in [-0.2, 0) is 55.6 Å². The number of rotatable bonds is 17. The van der Waals surface area contributed by atoms with Gasteiger partial charge in [0, 0.05) is 61.8 Å². The van der Waals surface area contributed by atoms with E-state index in [1.54, 1.807) is 81.0 Å². The maximum Gasteiger partial charge on any atom is 0.415 e. The molecule has 2 aliphatic heterocycles. The van der Waals surface area contributed by atoms with Crippen LogP contribution in [0.3, 0.4) is 0 Å². The highest BCUT2D eigenvalue weighted by Crippen LogP contribution is 2.41. The molecular formula is C47H58N8O11. The number of nitrogens with two attached hydrogens (primary N) is 1. The Balaban J connectivity index is 1.01. The minimum absolute atomic E-state index is 0.0383. The fourth-order valence-electron chi connectivity index (χ4n) is 7.83. The maximum atomic E-state index is 13.7. The molecule has 4 heterocycles. The van der Waals surface area contributed by atoms with E-state index in [9.17, 15) is 38.7 Å². The van der Waals surface area contributed by atoms with Gasteiger partial charge in [-0.3, -0.25) is 14.4 Å². The van der Waals surface area contributed by atoms with Crippen molar-refractivity contribution in [3.8, 4) is 17.1 Å². The molecule has 19 nitrogen and oxygen atoms in total. The van der Waals surface area contributed by atoms with E-state index in [-0.39, 0.29) is 92.4 Å². The molecule has 6 amide bonds. The summed E-state index contributed by atoms with van der Waals surface area (Å²) >= 11 is 0. The molecule has 0 radical (unpaired) electrons. The molecule has 0 spiro atoms. The molecule has 6 rings (SSSR count). The first-order chi connectivity index (χ1) is 31.4. The van der Waals surface area contributed by atoms with Gasteiger partial charge in [0.25, 0.3) is 5.56 Å². The van der Waals surface area contributed by atoms with E-state index in [4.69, 9.17) is 24.9 Å². The number of urea groups is 1. The minimum Gasteiger partial charge on any atom is -0.458 e. The second-order valence-electron chi connectivity index (χ2n) is 17.0. The third-order valence-corrected chi connectivity index (χ3v) is 12.3. The molecule has 0 fully saturated rings. The largest absolute Gasteiger partial charge is 0.458 e. The molecule has 2 aromatic heterocycles. The van der Waals surface area contributed by atoms with Crippen LogP contribution >= 0.6 is 0 Å². The van der Waals surface area contributed by atoms with Crippen molar-refractivity contribution in [2.45, 2.75) is 91.7 Å². The minimum atomic E-state index is -1.93. The number of nitrogens with zero attached hydrogens (tertiary/aromatic N) is 4.